The lowest BCUT2D eigenvalue weighted by Gasteiger charge is -2.16. The van der Waals surface area contributed by atoms with Gasteiger partial charge in [-0.3, -0.25) is 10.8 Å². The monoisotopic (exact) mass is 347 g/mol. The third-order valence-corrected chi connectivity index (χ3v) is 5.25. The van der Waals surface area contributed by atoms with Crippen LogP contribution in [0.4, 0.5) is 0 Å². The molecule has 102 valence electrons. The fraction of sp³-hybridized carbons (Fsp3) is 0.133. The van der Waals surface area contributed by atoms with Crippen LogP contribution in [0.3, 0.4) is 0 Å². The Bertz CT molecular complexity index is 754. The molecule has 3 rings (SSSR count). The molecule has 0 radical (unpaired) electrons. The topological polar surface area (TPSA) is 50.9 Å². The van der Waals surface area contributed by atoms with Gasteiger partial charge in [0, 0.05) is 14.7 Å². The number of nitrogens with one attached hydrogen (secondary N) is 1. The molecular formula is C15H14BrN3S. The van der Waals surface area contributed by atoms with Crippen LogP contribution in [0.5, 0.6) is 0 Å². The van der Waals surface area contributed by atoms with E-state index in [0.717, 1.165) is 20.6 Å². The number of benzene rings is 1. The Labute approximate surface area is 129 Å². The van der Waals surface area contributed by atoms with Gasteiger partial charge in [0.2, 0.25) is 0 Å². The third kappa shape index (κ3) is 2.38. The summed E-state index contributed by atoms with van der Waals surface area (Å²) < 4.78 is 1.05. The molecule has 3 N–H and O–H groups in total. The number of nitrogens with two attached hydrogens (primary N) is 1. The van der Waals surface area contributed by atoms with E-state index in [1.54, 1.807) is 11.3 Å². The average molecular weight is 348 g/mol. The zero-order valence-corrected chi connectivity index (χ0v) is 13.3. The Hall–Kier alpha value is -1.27. The summed E-state index contributed by atoms with van der Waals surface area (Å²) in [5.41, 5.74) is 6.01. The number of hydrogen-bond donors (Lipinski definition) is 2. The number of halogens is 1. The number of rotatable bonds is 3. The van der Waals surface area contributed by atoms with Crippen LogP contribution in [0, 0.1) is 6.92 Å². The number of hydrogen-bond acceptors (Lipinski definition) is 4. The van der Waals surface area contributed by atoms with Gasteiger partial charge >= 0.3 is 0 Å². The highest BCUT2D eigenvalue weighted by Crippen LogP contribution is 2.33. The second-order valence-corrected chi connectivity index (χ2v) is 6.42. The molecular weight excluding hydrogens is 334 g/mol. The number of fused-ring (bicyclic) bond motifs is 1. The molecule has 1 aromatic carbocycles. The highest BCUT2D eigenvalue weighted by Gasteiger charge is 2.19. The molecule has 0 aliphatic heterocycles. The van der Waals surface area contributed by atoms with Crippen LogP contribution < -0.4 is 11.3 Å². The maximum absolute atomic E-state index is 5.75. The number of aromatic nitrogens is 1. The molecule has 1 unspecified atom stereocenters. The highest BCUT2D eigenvalue weighted by atomic mass is 79.9. The van der Waals surface area contributed by atoms with Crippen molar-refractivity contribution in [2.75, 3.05) is 0 Å². The molecule has 0 spiro atoms. The van der Waals surface area contributed by atoms with Crippen LogP contribution in [0.15, 0.2) is 46.3 Å². The van der Waals surface area contributed by atoms with Crippen molar-refractivity contribution in [2.24, 2.45) is 5.84 Å². The average Bonchev–Trinajstić information content (AvgIpc) is 2.86. The van der Waals surface area contributed by atoms with Gasteiger partial charge in [0.25, 0.3) is 0 Å². The van der Waals surface area contributed by atoms with Gasteiger partial charge in [-0.15, -0.1) is 11.3 Å². The van der Waals surface area contributed by atoms with Gasteiger partial charge in [-0.2, -0.15) is 0 Å². The lowest BCUT2D eigenvalue weighted by Crippen LogP contribution is -2.29. The second-order valence-electron chi connectivity index (χ2n) is 4.61. The van der Waals surface area contributed by atoms with Crippen molar-refractivity contribution in [1.29, 1.82) is 0 Å². The van der Waals surface area contributed by atoms with Gasteiger partial charge in [0.05, 0.1) is 17.3 Å². The summed E-state index contributed by atoms with van der Waals surface area (Å²) in [5, 5.41) is 3.22. The van der Waals surface area contributed by atoms with Gasteiger partial charge in [0.1, 0.15) is 0 Å². The highest BCUT2D eigenvalue weighted by molar-refractivity contribution is 9.10. The zero-order chi connectivity index (χ0) is 14.1. The minimum atomic E-state index is -0.104. The minimum Gasteiger partial charge on any atom is -0.270 e. The predicted molar refractivity (Wildman–Crippen MR) is 87.7 cm³/mol. The Balaban J connectivity index is 2.15. The van der Waals surface area contributed by atoms with E-state index in [0.29, 0.717) is 0 Å². The second kappa shape index (κ2) is 5.61. The lowest BCUT2D eigenvalue weighted by molar-refractivity contribution is 0.630. The van der Waals surface area contributed by atoms with Crippen molar-refractivity contribution in [3.63, 3.8) is 0 Å². The first-order valence-electron chi connectivity index (χ1n) is 6.26. The predicted octanol–water partition coefficient (Wildman–Crippen LogP) is 3.92. The summed E-state index contributed by atoms with van der Waals surface area (Å²) in [6.45, 7) is 2.10. The molecule has 2 heterocycles. The van der Waals surface area contributed by atoms with E-state index in [1.165, 1.54) is 10.9 Å². The fourth-order valence-corrected chi connectivity index (χ4v) is 4.00. The van der Waals surface area contributed by atoms with E-state index in [2.05, 4.69) is 40.4 Å². The maximum Gasteiger partial charge on any atom is 0.0984 e. The van der Waals surface area contributed by atoms with Crippen LogP contribution >= 0.6 is 27.3 Å². The summed E-state index contributed by atoms with van der Waals surface area (Å²) in [6.07, 6.45) is 0. The van der Waals surface area contributed by atoms with Crippen molar-refractivity contribution < 1.29 is 0 Å². The summed E-state index contributed by atoms with van der Waals surface area (Å²) in [6, 6.07) is 12.2. The Morgan fingerprint density at radius 1 is 1.30 bits per heavy atom. The van der Waals surface area contributed by atoms with E-state index in [4.69, 9.17) is 10.8 Å². The lowest BCUT2D eigenvalue weighted by atomic mass is 10.1. The molecule has 3 aromatic rings. The molecule has 0 saturated heterocycles. The molecule has 3 nitrogen and oxygen atoms in total. The summed E-state index contributed by atoms with van der Waals surface area (Å²) in [7, 11) is 0. The molecule has 0 aliphatic rings. The first-order valence-corrected chi connectivity index (χ1v) is 7.93. The number of thiophene rings is 1. The quantitative estimate of drug-likeness (QED) is 0.557. The van der Waals surface area contributed by atoms with Crippen LogP contribution in [-0.2, 0) is 0 Å². The van der Waals surface area contributed by atoms with Crippen molar-refractivity contribution in [3.8, 4) is 0 Å². The molecule has 0 amide bonds. The van der Waals surface area contributed by atoms with Crippen LogP contribution in [0.2, 0.25) is 0 Å². The van der Waals surface area contributed by atoms with Crippen molar-refractivity contribution in [3.05, 3.63) is 62.4 Å². The first-order chi connectivity index (χ1) is 9.70. The van der Waals surface area contributed by atoms with Gasteiger partial charge in [-0.25, -0.2) is 5.43 Å². The Kier molecular flexibility index (Phi) is 3.85. The minimum absolute atomic E-state index is 0.104. The van der Waals surface area contributed by atoms with Gasteiger partial charge in [-0.1, -0.05) is 18.2 Å². The third-order valence-electron chi connectivity index (χ3n) is 3.31. The fourth-order valence-electron chi connectivity index (χ4n) is 2.33. The molecule has 0 aliphatic carbocycles. The van der Waals surface area contributed by atoms with Crippen molar-refractivity contribution in [2.45, 2.75) is 13.0 Å². The molecule has 2 aromatic heterocycles. The number of para-hydroxylation sites is 1. The van der Waals surface area contributed by atoms with E-state index in [9.17, 15) is 0 Å². The smallest absolute Gasteiger partial charge is 0.0984 e. The molecule has 20 heavy (non-hydrogen) atoms. The molecule has 0 bridgehead atoms. The van der Waals surface area contributed by atoms with Crippen LogP contribution in [0.1, 0.15) is 22.2 Å². The normalized spacial score (nSPS) is 12.8. The standard InChI is InChI=1S/C15H14BrN3S/c1-9-8-13(18-12-5-3-2-4-10(9)12)14(19-17)15-11(16)6-7-20-15/h2-8,14,19H,17H2,1H3. The van der Waals surface area contributed by atoms with Crippen molar-refractivity contribution in [1.82, 2.24) is 10.4 Å². The number of hydrazine groups is 1. The van der Waals surface area contributed by atoms with Crippen LogP contribution in [0.25, 0.3) is 10.9 Å². The van der Waals surface area contributed by atoms with E-state index >= 15 is 0 Å². The van der Waals surface area contributed by atoms with E-state index in [-0.39, 0.29) is 6.04 Å². The summed E-state index contributed by atoms with van der Waals surface area (Å²) >= 11 is 5.22. The first kappa shape index (κ1) is 13.7. The van der Waals surface area contributed by atoms with Crippen LogP contribution in [-0.4, -0.2) is 4.98 Å². The summed E-state index contributed by atoms with van der Waals surface area (Å²) in [4.78, 5) is 5.88. The number of pyridine rings is 1. The summed E-state index contributed by atoms with van der Waals surface area (Å²) in [5.74, 6) is 5.75. The van der Waals surface area contributed by atoms with E-state index < -0.39 is 0 Å². The zero-order valence-electron chi connectivity index (χ0n) is 10.9. The molecule has 0 fully saturated rings. The number of nitrogens with zero attached hydrogens (tertiary/aromatic N) is 1. The molecule has 1 atom stereocenters. The number of aryl methyl sites for hydroxylation is 1. The van der Waals surface area contributed by atoms with Gasteiger partial charge < -0.3 is 0 Å². The maximum atomic E-state index is 5.75. The van der Waals surface area contributed by atoms with Gasteiger partial charge in [0.15, 0.2) is 0 Å². The molecule has 5 heteroatoms. The SMILES string of the molecule is Cc1cc(C(NN)c2sccc2Br)nc2ccccc12. The Morgan fingerprint density at radius 2 is 2.10 bits per heavy atom. The molecule has 0 saturated carbocycles. The van der Waals surface area contributed by atoms with Crippen molar-refractivity contribution >= 4 is 38.2 Å². The Morgan fingerprint density at radius 3 is 2.80 bits per heavy atom. The van der Waals surface area contributed by atoms with Gasteiger partial charge in [-0.05, 0) is 52.0 Å². The largest absolute Gasteiger partial charge is 0.270 e. The van der Waals surface area contributed by atoms with E-state index in [1.807, 2.05) is 29.6 Å².